The highest BCUT2D eigenvalue weighted by molar-refractivity contribution is 5.96. The van der Waals surface area contributed by atoms with Gasteiger partial charge in [-0.25, -0.2) is 4.79 Å². The summed E-state index contributed by atoms with van der Waals surface area (Å²) in [6.07, 6.45) is 2.17. The molecule has 0 aromatic heterocycles. The van der Waals surface area contributed by atoms with Crippen molar-refractivity contribution in [1.82, 2.24) is 31.1 Å². The van der Waals surface area contributed by atoms with Gasteiger partial charge in [-0.05, 0) is 50.8 Å². The molecule has 0 saturated carbocycles. The van der Waals surface area contributed by atoms with Gasteiger partial charge in [-0.1, -0.05) is 67.6 Å². The Bertz CT molecular complexity index is 1170. The summed E-state index contributed by atoms with van der Waals surface area (Å²) < 4.78 is 0. The molecular weight excluding hydrogens is 520 g/mol. The highest BCUT2D eigenvalue weighted by Crippen LogP contribution is 2.36. The van der Waals surface area contributed by atoms with Gasteiger partial charge in [-0.3, -0.25) is 14.4 Å². The van der Waals surface area contributed by atoms with Gasteiger partial charge in [-0.15, -0.1) is 0 Å². The number of nitrogens with one attached hydrogen (secondary N) is 4. The molecule has 2 fully saturated rings. The molecule has 41 heavy (non-hydrogen) atoms. The topological polar surface area (TPSA) is 123 Å². The van der Waals surface area contributed by atoms with E-state index in [0.717, 1.165) is 17.5 Å². The van der Waals surface area contributed by atoms with Crippen LogP contribution in [-0.2, 0) is 14.4 Å². The number of urea groups is 1. The summed E-state index contributed by atoms with van der Waals surface area (Å²) in [4.78, 5) is 57.7. The average Bonchev–Trinajstić information content (AvgIpc) is 3.43. The normalized spacial score (nSPS) is 21.5. The van der Waals surface area contributed by atoms with Crippen LogP contribution in [0, 0.1) is 0 Å². The molecule has 2 aliphatic heterocycles. The Morgan fingerprint density at radius 1 is 0.976 bits per heavy atom. The van der Waals surface area contributed by atoms with E-state index in [1.807, 2.05) is 67.6 Å². The van der Waals surface area contributed by atoms with Crippen LogP contribution in [0.15, 0.2) is 60.7 Å². The molecule has 0 spiro atoms. The van der Waals surface area contributed by atoms with Gasteiger partial charge in [0.05, 0.1) is 18.6 Å². The Morgan fingerprint density at radius 3 is 2.20 bits per heavy atom. The summed E-state index contributed by atoms with van der Waals surface area (Å²) in [5.74, 6) is -0.796. The van der Waals surface area contributed by atoms with E-state index in [1.54, 1.807) is 23.8 Å². The molecule has 2 aromatic carbocycles. The molecule has 0 radical (unpaired) electrons. The number of fused-ring (bicyclic) bond motifs is 1. The average molecular weight is 563 g/mol. The molecule has 10 nitrogen and oxygen atoms in total. The maximum absolute atomic E-state index is 14.4. The standard InChI is InChI=1S/C31H42N6O4/c1-4-18-33-30(41)34-25-21-36(27(38)22(2)32-3)20-17-31(16-11-19-37(31)28(25)39)29(40)35-26(23-12-7-5-8-13-23)24-14-9-6-10-15-24/h5-10,12-15,22,25-26,32H,4,11,16-21H2,1-3H3,(H,35,40)(H2,33,34,41)/t22-,25+,31+/m1/s1. The molecule has 4 rings (SSSR count). The molecule has 3 atom stereocenters. The smallest absolute Gasteiger partial charge is 0.315 e. The van der Waals surface area contributed by atoms with Gasteiger partial charge in [0.1, 0.15) is 11.6 Å². The number of rotatable bonds is 9. The molecule has 4 N–H and O–H groups in total. The zero-order valence-electron chi connectivity index (χ0n) is 24.2. The first-order valence-electron chi connectivity index (χ1n) is 14.5. The van der Waals surface area contributed by atoms with Gasteiger partial charge in [0, 0.05) is 19.6 Å². The minimum absolute atomic E-state index is 0.0358. The lowest BCUT2D eigenvalue weighted by Crippen LogP contribution is -2.67. The maximum atomic E-state index is 14.4. The Labute approximate surface area is 242 Å². The number of hydrogen-bond acceptors (Lipinski definition) is 5. The van der Waals surface area contributed by atoms with Crippen molar-refractivity contribution >= 4 is 23.8 Å². The lowest BCUT2D eigenvalue weighted by Gasteiger charge is -2.44. The van der Waals surface area contributed by atoms with Gasteiger partial charge in [-0.2, -0.15) is 0 Å². The molecule has 10 heteroatoms. The summed E-state index contributed by atoms with van der Waals surface area (Å²) in [5.41, 5.74) is 0.703. The number of benzene rings is 2. The predicted octanol–water partition coefficient (Wildman–Crippen LogP) is 2.17. The first-order chi connectivity index (χ1) is 19.8. The van der Waals surface area contributed by atoms with Crippen LogP contribution in [0.1, 0.15) is 56.7 Å². The first kappa shape index (κ1) is 30.0. The highest BCUT2D eigenvalue weighted by atomic mass is 16.2. The highest BCUT2D eigenvalue weighted by Gasteiger charge is 2.53. The second-order valence-corrected chi connectivity index (χ2v) is 10.9. The minimum atomic E-state index is -1.15. The SMILES string of the molecule is CCCNC(=O)N[C@H]1CN(C(=O)[C@@H](C)NC)CC[C@]2(C(=O)NC(c3ccccc3)c3ccccc3)CCCN2C1=O. The molecule has 2 aliphatic rings. The molecule has 0 aliphatic carbocycles. The number of hydrogen-bond donors (Lipinski definition) is 4. The third-order valence-electron chi connectivity index (χ3n) is 8.17. The molecule has 220 valence electrons. The molecule has 2 heterocycles. The van der Waals surface area contributed by atoms with E-state index < -0.39 is 29.7 Å². The van der Waals surface area contributed by atoms with E-state index in [9.17, 15) is 19.2 Å². The third kappa shape index (κ3) is 6.70. The number of likely N-dealkylation sites (N-methyl/N-ethyl adjacent to an activating group) is 1. The van der Waals surface area contributed by atoms with Crippen molar-refractivity contribution in [3.63, 3.8) is 0 Å². The van der Waals surface area contributed by atoms with E-state index in [-0.39, 0.29) is 30.8 Å². The fraction of sp³-hybridized carbons (Fsp3) is 0.484. The second kappa shape index (κ2) is 13.6. The van der Waals surface area contributed by atoms with Crippen LogP contribution in [0.5, 0.6) is 0 Å². The van der Waals surface area contributed by atoms with Crippen molar-refractivity contribution < 1.29 is 19.2 Å². The summed E-state index contributed by atoms with van der Waals surface area (Å²) in [6.45, 7) is 4.88. The number of amides is 5. The van der Waals surface area contributed by atoms with Crippen LogP contribution in [0.2, 0.25) is 0 Å². The second-order valence-electron chi connectivity index (χ2n) is 10.9. The van der Waals surface area contributed by atoms with Crippen LogP contribution in [0.25, 0.3) is 0 Å². The van der Waals surface area contributed by atoms with Crippen LogP contribution < -0.4 is 21.3 Å². The molecule has 0 bridgehead atoms. The van der Waals surface area contributed by atoms with Gasteiger partial charge < -0.3 is 31.1 Å². The number of nitrogens with zero attached hydrogens (tertiary/aromatic N) is 2. The zero-order valence-corrected chi connectivity index (χ0v) is 24.2. The van der Waals surface area contributed by atoms with Crippen LogP contribution in [-0.4, -0.2) is 84.4 Å². The molecular formula is C31H42N6O4. The number of carbonyl (C=O) groups is 4. The quantitative estimate of drug-likeness (QED) is 0.373. The first-order valence-corrected chi connectivity index (χ1v) is 14.5. The zero-order chi connectivity index (χ0) is 29.4. The van der Waals surface area contributed by atoms with Crippen molar-refractivity contribution in [3.8, 4) is 0 Å². The Balaban J connectivity index is 1.68. The minimum Gasteiger partial charge on any atom is -0.343 e. The molecule has 2 aromatic rings. The Morgan fingerprint density at radius 2 is 1.61 bits per heavy atom. The predicted molar refractivity (Wildman–Crippen MR) is 157 cm³/mol. The van der Waals surface area contributed by atoms with E-state index in [4.69, 9.17) is 0 Å². The fourth-order valence-corrected chi connectivity index (χ4v) is 5.78. The summed E-state index contributed by atoms with van der Waals surface area (Å²) in [6, 6.07) is 17.1. The summed E-state index contributed by atoms with van der Waals surface area (Å²) in [5, 5.41) is 11.8. The van der Waals surface area contributed by atoms with Gasteiger partial charge in [0.15, 0.2) is 0 Å². The molecule has 0 unspecified atom stereocenters. The fourth-order valence-electron chi connectivity index (χ4n) is 5.78. The van der Waals surface area contributed by atoms with E-state index in [1.165, 1.54) is 0 Å². The Hall–Kier alpha value is -3.92. The van der Waals surface area contributed by atoms with Crippen molar-refractivity contribution in [2.24, 2.45) is 0 Å². The lowest BCUT2D eigenvalue weighted by atomic mass is 9.87. The van der Waals surface area contributed by atoms with Gasteiger partial charge in [0.25, 0.3) is 0 Å². The van der Waals surface area contributed by atoms with Crippen molar-refractivity contribution in [3.05, 3.63) is 71.8 Å². The van der Waals surface area contributed by atoms with E-state index in [2.05, 4.69) is 21.3 Å². The van der Waals surface area contributed by atoms with Crippen molar-refractivity contribution in [2.75, 3.05) is 33.2 Å². The molecule has 5 amide bonds. The van der Waals surface area contributed by atoms with Crippen molar-refractivity contribution in [1.29, 1.82) is 0 Å². The monoisotopic (exact) mass is 562 g/mol. The maximum Gasteiger partial charge on any atom is 0.315 e. The summed E-state index contributed by atoms with van der Waals surface area (Å²) in [7, 11) is 1.70. The Kier molecular flexibility index (Phi) is 9.99. The molecule has 2 saturated heterocycles. The van der Waals surface area contributed by atoms with Crippen molar-refractivity contribution in [2.45, 2.75) is 63.2 Å². The third-order valence-corrected chi connectivity index (χ3v) is 8.17. The summed E-state index contributed by atoms with van der Waals surface area (Å²) >= 11 is 0. The van der Waals surface area contributed by atoms with E-state index in [0.29, 0.717) is 32.4 Å². The lowest BCUT2D eigenvalue weighted by molar-refractivity contribution is -0.151. The van der Waals surface area contributed by atoms with Crippen LogP contribution >= 0.6 is 0 Å². The number of carbonyl (C=O) groups excluding carboxylic acids is 4. The van der Waals surface area contributed by atoms with Crippen LogP contribution in [0.4, 0.5) is 4.79 Å². The van der Waals surface area contributed by atoms with Gasteiger partial charge in [0.2, 0.25) is 17.7 Å². The van der Waals surface area contributed by atoms with Gasteiger partial charge >= 0.3 is 6.03 Å². The van der Waals surface area contributed by atoms with E-state index >= 15 is 0 Å². The van der Waals surface area contributed by atoms with Crippen LogP contribution in [0.3, 0.4) is 0 Å². The largest absolute Gasteiger partial charge is 0.343 e.